The van der Waals surface area contributed by atoms with Crippen molar-refractivity contribution in [3.63, 3.8) is 0 Å². The molecule has 0 aliphatic carbocycles. The molecule has 2 aromatic carbocycles. The van der Waals surface area contributed by atoms with Crippen LogP contribution in [0, 0.1) is 0 Å². The van der Waals surface area contributed by atoms with E-state index in [1.165, 1.54) is 16.4 Å². The fourth-order valence-corrected chi connectivity index (χ4v) is 4.73. The number of esters is 1. The molecule has 1 fully saturated rings. The SMILES string of the molecule is CCNC(=O)NC(=O)C(OC(=O)c1cccc(N2CCCS2(=O)=O)c1)c1ccccc1. The van der Waals surface area contributed by atoms with Gasteiger partial charge in [0.2, 0.25) is 16.1 Å². The van der Waals surface area contributed by atoms with Crippen molar-refractivity contribution in [3.8, 4) is 0 Å². The Balaban J connectivity index is 1.83. The van der Waals surface area contributed by atoms with Gasteiger partial charge in [0.05, 0.1) is 17.0 Å². The van der Waals surface area contributed by atoms with E-state index in [-0.39, 0.29) is 11.3 Å². The molecule has 1 unspecified atom stereocenters. The van der Waals surface area contributed by atoms with Crippen LogP contribution < -0.4 is 14.9 Å². The summed E-state index contributed by atoms with van der Waals surface area (Å²) in [6.45, 7) is 2.36. The van der Waals surface area contributed by atoms with E-state index in [1.54, 1.807) is 49.4 Å². The number of hydrogen-bond donors (Lipinski definition) is 2. The second-order valence-electron chi connectivity index (χ2n) is 6.84. The molecule has 0 bridgehead atoms. The number of imide groups is 1. The number of ether oxygens (including phenoxy) is 1. The van der Waals surface area contributed by atoms with Gasteiger partial charge in [-0.15, -0.1) is 0 Å². The highest BCUT2D eigenvalue weighted by molar-refractivity contribution is 7.93. The van der Waals surface area contributed by atoms with Crippen molar-refractivity contribution in [2.24, 2.45) is 0 Å². The molecule has 1 atom stereocenters. The Morgan fingerprint density at radius 2 is 1.84 bits per heavy atom. The molecule has 3 amide bonds. The summed E-state index contributed by atoms with van der Waals surface area (Å²) in [5, 5.41) is 4.59. The molecule has 0 aromatic heterocycles. The first kappa shape index (κ1) is 22.3. The quantitative estimate of drug-likeness (QED) is 0.656. The highest BCUT2D eigenvalue weighted by atomic mass is 32.2. The van der Waals surface area contributed by atoms with Gasteiger partial charge < -0.3 is 10.1 Å². The zero-order valence-corrected chi connectivity index (χ0v) is 17.7. The van der Waals surface area contributed by atoms with Crippen molar-refractivity contribution in [1.29, 1.82) is 0 Å². The lowest BCUT2D eigenvalue weighted by atomic mass is 10.1. The van der Waals surface area contributed by atoms with Gasteiger partial charge in [-0.3, -0.25) is 14.4 Å². The maximum absolute atomic E-state index is 12.8. The maximum atomic E-state index is 12.8. The number of carbonyl (C=O) groups excluding carboxylic acids is 3. The number of nitrogens with zero attached hydrogens (tertiary/aromatic N) is 1. The van der Waals surface area contributed by atoms with E-state index >= 15 is 0 Å². The van der Waals surface area contributed by atoms with Crippen LogP contribution in [-0.4, -0.2) is 45.2 Å². The molecule has 0 spiro atoms. The molecule has 2 N–H and O–H groups in total. The normalized spacial score (nSPS) is 15.7. The number of hydrogen-bond acceptors (Lipinski definition) is 6. The minimum absolute atomic E-state index is 0.0533. The molecule has 3 rings (SSSR count). The molecule has 0 saturated carbocycles. The molecule has 164 valence electrons. The van der Waals surface area contributed by atoms with Gasteiger partial charge >= 0.3 is 12.0 Å². The Labute approximate surface area is 180 Å². The van der Waals surface area contributed by atoms with Crippen LogP contribution in [-0.2, 0) is 19.6 Å². The van der Waals surface area contributed by atoms with Crippen molar-refractivity contribution in [2.45, 2.75) is 19.4 Å². The van der Waals surface area contributed by atoms with E-state index in [9.17, 15) is 22.8 Å². The molecule has 2 aromatic rings. The van der Waals surface area contributed by atoms with Crippen LogP contribution in [0.25, 0.3) is 0 Å². The van der Waals surface area contributed by atoms with E-state index in [1.807, 2.05) is 0 Å². The second kappa shape index (κ2) is 9.61. The number of rotatable bonds is 6. The molecule has 1 heterocycles. The van der Waals surface area contributed by atoms with Gasteiger partial charge in [0.15, 0.2) is 0 Å². The zero-order chi connectivity index (χ0) is 22.4. The number of anilines is 1. The molecule has 10 heteroatoms. The minimum atomic E-state index is -3.41. The monoisotopic (exact) mass is 445 g/mol. The van der Waals surface area contributed by atoms with Crippen LogP contribution in [0.3, 0.4) is 0 Å². The van der Waals surface area contributed by atoms with Crippen LogP contribution in [0.1, 0.15) is 35.4 Å². The Bertz CT molecular complexity index is 1070. The molecular formula is C21H23N3O6S. The summed E-state index contributed by atoms with van der Waals surface area (Å²) >= 11 is 0. The van der Waals surface area contributed by atoms with E-state index < -0.39 is 34.0 Å². The third-order valence-corrected chi connectivity index (χ3v) is 6.48. The van der Waals surface area contributed by atoms with Gasteiger partial charge in [0, 0.05) is 18.7 Å². The average molecular weight is 445 g/mol. The number of amides is 3. The fourth-order valence-electron chi connectivity index (χ4n) is 3.18. The maximum Gasteiger partial charge on any atom is 0.339 e. The molecule has 31 heavy (non-hydrogen) atoms. The Morgan fingerprint density at radius 3 is 2.48 bits per heavy atom. The fraction of sp³-hybridized carbons (Fsp3) is 0.286. The number of carbonyl (C=O) groups is 3. The molecule has 1 aliphatic rings. The number of sulfonamides is 1. The largest absolute Gasteiger partial charge is 0.444 e. The lowest BCUT2D eigenvalue weighted by Gasteiger charge is -2.19. The summed E-state index contributed by atoms with van der Waals surface area (Å²) in [5.41, 5.74) is 0.831. The minimum Gasteiger partial charge on any atom is -0.444 e. The smallest absolute Gasteiger partial charge is 0.339 e. The number of urea groups is 1. The van der Waals surface area contributed by atoms with Gasteiger partial charge in [0.1, 0.15) is 0 Å². The molecule has 0 radical (unpaired) electrons. The van der Waals surface area contributed by atoms with Gasteiger partial charge in [-0.1, -0.05) is 36.4 Å². The molecule has 9 nitrogen and oxygen atoms in total. The van der Waals surface area contributed by atoms with Crippen LogP contribution in [0.4, 0.5) is 10.5 Å². The van der Waals surface area contributed by atoms with Crippen LogP contribution in [0.2, 0.25) is 0 Å². The van der Waals surface area contributed by atoms with Gasteiger partial charge in [-0.2, -0.15) is 0 Å². The number of nitrogens with one attached hydrogen (secondary N) is 2. The average Bonchev–Trinajstić information content (AvgIpc) is 3.11. The summed E-state index contributed by atoms with van der Waals surface area (Å²) < 4.78 is 31.0. The third kappa shape index (κ3) is 5.40. The van der Waals surface area contributed by atoms with Crippen LogP contribution in [0.5, 0.6) is 0 Å². The predicted molar refractivity (Wildman–Crippen MR) is 114 cm³/mol. The van der Waals surface area contributed by atoms with Crippen molar-refractivity contribution in [1.82, 2.24) is 10.6 Å². The second-order valence-corrected chi connectivity index (χ2v) is 8.85. The van der Waals surface area contributed by atoms with E-state index in [0.717, 1.165) is 0 Å². The van der Waals surface area contributed by atoms with E-state index in [2.05, 4.69) is 10.6 Å². The number of benzene rings is 2. The first-order valence-electron chi connectivity index (χ1n) is 9.77. The Morgan fingerprint density at radius 1 is 1.10 bits per heavy atom. The summed E-state index contributed by atoms with van der Waals surface area (Å²) in [6.07, 6.45) is -0.858. The van der Waals surface area contributed by atoms with Crippen molar-refractivity contribution < 1.29 is 27.5 Å². The first-order valence-corrected chi connectivity index (χ1v) is 11.4. The van der Waals surface area contributed by atoms with Gasteiger partial charge in [0.25, 0.3) is 5.91 Å². The van der Waals surface area contributed by atoms with Crippen molar-refractivity contribution in [2.75, 3.05) is 23.1 Å². The summed E-state index contributed by atoms with van der Waals surface area (Å²) in [4.78, 5) is 37.2. The highest BCUT2D eigenvalue weighted by Crippen LogP contribution is 2.26. The van der Waals surface area contributed by atoms with Crippen molar-refractivity contribution in [3.05, 3.63) is 65.7 Å². The standard InChI is InChI=1S/C21H23N3O6S/c1-2-22-21(27)23-19(25)18(15-8-4-3-5-9-15)30-20(26)16-10-6-11-17(14-16)24-12-7-13-31(24,28)29/h3-6,8-11,14,18H,2,7,12-13H2,1H3,(H2,22,23,25,27). The summed E-state index contributed by atoms with van der Waals surface area (Å²) in [6, 6.07) is 13.6. The van der Waals surface area contributed by atoms with Crippen LogP contribution >= 0.6 is 0 Å². The van der Waals surface area contributed by atoms with Gasteiger partial charge in [-0.05, 0) is 31.5 Å². The highest BCUT2D eigenvalue weighted by Gasteiger charge is 2.30. The zero-order valence-electron chi connectivity index (χ0n) is 16.9. The Kier molecular flexibility index (Phi) is 6.91. The molecule has 1 aliphatic heterocycles. The lowest BCUT2D eigenvalue weighted by Crippen LogP contribution is -2.42. The predicted octanol–water partition coefficient (Wildman–Crippen LogP) is 1.97. The Hall–Kier alpha value is -3.40. The summed E-state index contributed by atoms with van der Waals surface area (Å²) in [7, 11) is -3.41. The lowest BCUT2D eigenvalue weighted by molar-refractivity contribution is -0.129. The van der Waals surface area contributed by atoms with Crippen molar-refractivity contribution >= 4 is 33.6 Å². The van der Waals surface area contributed by atoms with E-state index in [4.69, 9.17) is 4.74 Å². The molecule has 1 saturated heterocycles. The third-order valence-electron chi connectivity index (χ3n) is 4.61. The molecular weight excluding hydrogens is 422 g/mol. The van der Waals surface area contributed by atoms with Gasteiger partial charge in [-0.25, -0.2) is 18.0 Å². The summed E-state index contributed by atoms with van der Waals surface area (Å²) in [5.74, 6) is -1.57. The first-order chi connectivity index (χ1) is 14.8. The van der Waals surface area contributed by atoms with E-state index in [0.29, 0.717) is 30.8 Å². The topological polar surface area (TPSA) is 122 Å². The van der Waals surface area contributed by atoms with Crippen LogP contribution in [0.15, 0.2) is 54.6 Å².